The molecule has 0 saturated carbocycles. The first-order valence-corrected chi connectivity index (χ1v) is 20.2. The minimum Gasteiger partial charge on any atom is -0.309 e. The average Bonchev–Trinajstić information content (AvgIpc) is 3.92. The summed E-state index contributed by atoms with van der Waals surface area (Å²) in [6, 6.07) is 35.5. The fourth-order valence-electron chi connectivity index (χ4n) is 8.35. The van der Waals surface area contributed by atoms with E-state index in [2.05, 4.69) is 127 Å². The van der Waals surface area contributed by atoms with E-state index in [0.29, 0.717) is 17.5 Å². The number of allylic oxidation sites excluding steroid dienone is 8. The molecule has 0 saturated heterocycles. The molecule has 0 aliphatic heterocycles. The smallest absolute Gasteiger partial charge is 0.164 e. The Morgan fingerprint density at radius 1 is 0.754 bits per heavy atom. The Hall–Kier alpha value is -6.44. The maximum Gasteiger partial charge on any atom is 0.164 e. The topological polar surface area (TPSA) is 56.5 Å². The number of nitrogens with zero attached hydrogens (tertiary/aromatic N) is 5. The summed E-state index contributed by atoms with van der Waals surface area (Å²) >= 11 is 1.73. The first-order chi connectivity index (χ1) is 27.8. The Bertz CT molecular complexity index is 3030. The molecule has 3 heterocycles. The number of thiazole rings is 1. The highest BCUT2D eigenvalue weighted by Crippen LogP contribution is 2.53. The molecule has 1 aliphatic carbocycles. The van der Waals surface area contributed by atoms with Crippen molar-refractivity contribution in [1.82, 2.24) is 24.5 Å². The molecule has 5 aromatic carbocycles. The molecule has 7 heteroatoms. The molecule has 5 nitrogen and oxygen atoms in total. The van der Waals surface area contributed by atoms with E-state index in [1.165, 1.54) is 48.9 Å². The van der Waals surface area contributed by atoms with E-state index >= 15 is 0 Å². The third kappa shape index (κ3) is 6.10. The van der Waals surface area contributed by atoms with Gasteiger partial charge in [-0.2, -0.15) is 0 Å². The van der Waals surface area contributed by atoms with Gasteiger partial charge in [-0.25, -0.2) is 19.9 Å². The molecule has 0 atom stereocenters. The van der Waals surface area contributed by atoms with Crippen LogP contribution < -0.4 is 0 Å². The predicted molar refractivity (Wildman–Crippen MR) is 243 cm³/mol. The van der Waals surface area contributed by atoms with E-state index < -0.39 is 0 Å². The van der Waals surface area contributed by atoms with Gasteiger partial charge in [0.15, 0.2) is 17.5 Å². The third-order valence-corrected chi connectivity index (χ3v) is 11.9. The quantitative estimate of drug-likeness (QED) is 0.109. The Labute approximate surface area is 338 Å². The van der Waals surface area contributed by atoms with E-state index in [0.717, 1.165) is 38.9 Å². The molecule has 1 radical (unpaired) electrons. The predicted octanol–water partition coefficient (Wildman–Crippen LogP) is 13.0. The minimum atomic E-state index is -0.0745. The number of fused-ring (bicyclic) bond motifs is 8. The zero-order valence-corrected chi connectivity index (χ0v) is 33.6. The molecule has 8 aromatic rings. The summed E-state index contributed by atoms with van der Waals surface area (Å²) in [5, 5.41) is 2.40. The Morgan fingerprint density at radius 3 is 2.33 bits per heavy atom. The van der Waals surface area contributed by atoms with Crippen molar-refractivity contribution in [3.8, 4) is 39.3 Å². The number of hydrogen-bond donors (Lipinski definition) is 0. The summed E-state index contributed by atoms with van der Waals surface area (Å²) in [5.74, 6) is 3.85. The van der Waals surface area contributed by atoms with Crippen molar-refractivity contribution < 1.29 is 0 Å². The first kappa shape index (κ1) is 36.2. The van der Waals surface area contributed by atoms with E-state index in [1.807, 2.05) is 69.8 Å². The lowest BCUT2D eigenvalue weighted by Crippen LogP contribution is -2.14. The number of aromatic nitrogens is 5. The van der Waals surface area contributed by atoms with Gasteiger partial charge in [0.05, 0.1) is 26.8 Å². The van der Waals surface area contributed by atoms with Crippen LogP contribution in [0.3, 0.4) is 0 Å². The lowest BCUT2D eigenvalue weighted by molar-refractivity contribution is 0.661. The molecule has 275 valence electrons. The lowest BCUT2D eigenvalue weighted by atomic mass is 9.80. The van der Waals surface area contributed by atoms with E-state index in [9.17, 15) is 0 Å². The molecular formula is C50H41BN5S. The molecule has 1 aliphatic rings. The third-order valence-electron chi connectivity index (χ3n) is 11.1. The fraction of sp³-hybridized carbons (Fsp3) is 0.120. The Balaban J connectivity index is 1.18. The second-order valence-electron chi connectivity index (χ2n) is 14.8. The van der Waals surface area contributed by atoms with Gasteiger partial charge in [0.25, 0.3) is 0 Å². The summed E-state index contributed by atoms with van der Waals surface area (Å²) in [7, 11) is 2.00. The molecule has 0 fully saturated rings. The highest BCUT2D eigenvalue weighted by Gasteiger charge is 2.37. The van der Waals surface area contributed by atoms with Gasteiger partial charge in [-0.1, -0.05) is 118 Å². The molecule has 0 spiro atoms. The van der Waals surface area contributed by atoms with Gasteiger partial charge in [0.2, 0.25) is 0 Å². The molecule has 57 heavy (non-hydrogen) atoms. The van der Waals surface area contributed by atoms with Crippen LogP contribution in [0.4, 0.5) is 0 Å². The summed E-state index contributed by atoms with van der Waals surface area (Å²) in [6.45, 7) is 14.5. The van der Waals surface area contributed by atoms with Crippen molar-refractivity contribution in [2.24, 2.45) is 0 Å². The van der Waals surface area contributed by atoms with Crippen molar-refractivity contribution >= 4 is 61.8 Å². The van der Waals surface area contributed by atoms with Gasteiger partial charge in [0.1, 0.15) is 7.28 Å². The summed E-state index contributed by atoms with van der Waals surface area (Å²) in [5.41, 5.74) is 16.7. The summed E-state index contributed by atoms with van der Waals surface area (Å²) < 4.78 is 3.62. The molecule has 9 rings (SSSR count). The molecule has 0 bridgehead atoms. The highest BCUT2D eigenvalue weighted by molar-refractivity contribution is 7.17. The van der Waals surface area contributed by atoms with Gasteiger partial charge in [-0.05, 0) is 84.1 Å². The van der Waals surface area contributed by atoms with Crippen LogP contribution in [-0.4, -0.2) is 31.8 Å². The van der Waals surface area contributed by atoms with Crippen molar-refractivity contribution in [2.45, 2.75) is 39.9 Å². The monoisotopic (exact) mass is 754 g/mol. The van der Waals surface area contributed by atoms with Crippen LogP contribution in [0.15, 0.2) is 152 Å². The largest absolute Gasteiger partial charge is 0.309 e. The molecule has 0 unspecified atom stereocenters. The standard InChI is InChI=1S/C50H41BN5S/c1-7-10-15-31(9-3)47-53-48(55-49(54-47)35(14-8-2)29-51-6)34-16-13-17-36(26-34)56-43-19-12-11-18-37(43)38-27-33(21-25-44(38)56)32-20-22-40-39(28-32)45-41(50(40,4)5)23-24-42-46(45)57-30-52-42/h7-30H,1H2,2-6H3/b14-8-,15-10-,31-9+,35-29+. The molecular weight excluding hydrogens is 713 g/mol. The van der Waals surface area contributed by atoms with Crippen molar-refractivity contribution in [3.05, 3.63) is 174 Å². The van der Waals surface area contributed by atoms with Gasteiger partial charge < -0.3 is 4.57 Å². The second kappa shape index (κ2) is 14.6. The van der Waals surface area contributed by atoms with Gasteiger partial charge in [0, 0.05) is 44.1 Å². The van der Waals surface area contributed by atoms with Crippen molar-refractivity contribution in [3.63, 3.8) is 0 Å². The van der Waals surface area contributed by atoms with Crippen LogP contribution >= 0.6 is 11.3 Å². The van der Waals surface area contributed by atoms with Crippen molar-refractivity contribution in [1.29, 1.82) is 0 Å². The van der Waals surface area contributed by atoms with Gasteiger partial charge in [-0.15, -0.1) is 17.3 Å². The lowest BCUT2D eigenvalue weighted by Gasteiger charge is -2.21. The van der Waals surface area contributed by atoms with Gasteiger partial charge in [-0.3, -0.25) is 0 Å². The summed E-state index contributed by atoms with van der Waals surface area (Å²) in [4.78, 5) is 19.7. The maximum atomic E-state index is 5.05. The second-order valence-corrected chi connectivity index (χ2v) is 15.7. The normalized spacial score (nSPS) is 14.0. The van der Waals surface area contributed by atoms with Crippen LogP contribution in [0.5, 0.6) is 0 Å². The zero-order valence-electron chi connectivity index (χ0n) is 32.8. The van der Waals surface area contributed by atoms with E-state index in [-0.39, 0.29) is 5.41 Å². The van der Waals surface area contributed by atoms with Crippen LogP contribution in [-0.2, 0) is 5.41 Å². The maximum absolute atomic E-state index is 5.05. The fourth-order valence-corrected chi connectivity index (χ4v) is 9.20. The van der Waals surface area contributed by atoms with Crippen LogP contribution in [0.2, 0.25) is 6.82 Å². The van der Waals surface area contributed by atoms with E-state index in [1.54, 1.807) is 17.4 Å². The Kier molecular flexibility index (Phi) is 9.26. The molecule has 0 amide bonds. The summed E-state index contributed by atoms with van der Waals surface area (Å²) in [6.07, 6.45) is 11.7. The Morgan fingerprint density at radius 2 is 1.53 bits per heavy atom. The molecule has 3 aromatic heterocycles. The minimum absolute atomic E-state index is 0.0745. The number of rotatable bonds is 9. The number of hydrogen-bond acceptors (Lipinski definition) is 5. The van der Waals surface area contributed by atoms with Crippen LogP contribution in [0.25, 0.3) is 82.5 Å². The number of benzene rings is 5. The molecule has 0 N–H and O–H groups in total. The number of para-hydroxylation sites is 1. The van der Waals surface area contributed by atoms with Crippen LogP contribution in [0, 0.1) is 0 Å². The van der Waals surface area contributed by atoms with E-state index in [4.69, 9.17) is 15.0 Å². The van der Waals surface area contributed by atoms with Crippen LogP contribution in [0.1, 0.15) is 50.5 Å². The SMILES string of the molecule is C=C/C=C\C(=C/C)c1nc(C(/C=C\C)=C/[B]C)nc(-c2cccc(-n3c4ccccc4c4cc(-c5ccc6c(c5)-c5c(ccc7ncsc57)C6(C)C)ccc43)c2)n1. The highest BCUT2D eigenvalue weighted by atomic mass is 32.1. The van der Waals surface area contributed by atoms with Gasteiger partial charge >= 0.3 is 0 Å². The van der Waals surface area contributed by atoms with Crippen molar-refractivity contribution in [2.75, 3.05) is 0 Å². The zero-order chi connectivity index (χ0) is 39.3. The first-order valence-electron chi connectivity index (χ1n) is 19.3. The average molecular weight is 755 g/mol.